The fourth-order valence-corrected chi connectivity index (χ4v) is 3.44. The molecule has 1 aliphatic rings. The highest BCUT2D eigenvalue weighted by molar-refractivity contribution is 5.99. The first kappa shape index (κ1) is 21.5. The topological polar surface area (TPSA) is 67.9 Å². The molecular formula is C21H21F3N2O4. The number of ether oxygens (including phenoxy) is 2. The predicted molar refractivity (Wildman–Crippen MR) is 103 cm³/mol. The molecule has 0 radical (unpaired) electrons. The second-order valence-corrected chi connectivity index (χ2v) is 6.81. The lowest BCUT2D eigenvalue weighted by atomic mass is 9.99. The van der Waals surface area contributed by atoms with E-state index in [1.807, 2.05) is 30.3 Å². The lowest BCUT2D eigenvalue weighted by molar-refractivity contribution is -0.274. The number of aryl methyl sites for hydroxylation is 1. The Morgan fingerprint density at radius 2 is 1.90 bits per heavy atom. The van der Waals surface area contributed by atoms with Crippen LogP contribution in [-0.2, 0) is 22.4 Å². The maximum absolute atomic E-state index is 13.3. The van der Waals surface area contributed by atoms with Gasteiger partial charge in [0.2, 0.25) is 5.91 Å². The lowest BCUT2D eigenvalue weighted by Gasteiger charge is -2.32. The van der Waals surface area contributed by atoms with Crippen LogP contribution in [0, 0.1) is 0 Å². The van der Waals surface area contributed by atoms with Crippen LogP contribution < -0.4 is 15.0 Å². The van der Waals surface area contributed by atoms with Gasteiger partial charge in [-0.05, 0) is 42.2 Å². The zero-order valence-electron chi connectivity index (χ0n) is 16.2. The number of carbonyl (C=O) groups is 2. The number of methoxy groups -OCH3 is 1. The van der Waals surface area contributed by atoms with Gasteiger partial charge < -0.3 is 19.7 Å². The Balaban J connectivity index is 1.85. The number of anilines is 1. The van der Waals surface area contributed by atoms with Gasteiger partial charge >= 0.3 is 12.5 Å². The van der Waals surface area contributed by atoms with Crippen LogP contribution in [0.1, 0.15) is 17.5 Å². The van der Waals surface area contributed by atoms with Crippen LogP contribution in [0.25, 0.3) is 0 Å². The Morgan fingerprint density at radius 1 is 1.17 bits per heavy atom. The molecule has 9 heteroatoms. The van der Waals surface area contributed by atoms with E-state index in [1.54, 1.807) is 0 Å². The van der Waals surface area contributed by atoms with Crippen molar-refractivity contribution in [1.82, 2.24) is 5.32 Å². The van der Waals surface area contributed by atoms with Crippen molar-refractivity contribution < 1.29 is 32.2 Å². The first-order chi connectivity index (χ1) is 14.3. The number of amides is 2. The number of hydrogen-bond acceptors (Lipinski definition) is 4. The fourth-order valence-electron chi connectivity index (χ4n) is 3.44. The normalized spacial score (nSPS) is 14.5. The van der Waals surface area contributed by atoms with Crippen LogP contribution >= 0.6 is 0 Å². The maximum Gasteiger partial charge on any atom is 0.573 e. The smallest absolute Gasteiger partial charge is 0.453 e. The van der Waals surface area contributed by atoms with Gasteiger partial charge in [0, 0.05) is 18.7 Å². The van der Waals surface area contributed by atoms with Gasteiger partial charge in [-0.15, -0.1) is 13.2 Å². The average molecular weight is 422 g/mol. The summed E-state index contributed by atoms with van der Waals surface area (Å²) in [5.41, 5.74) is 1.93. The van der Waals surface area contributed by atoms with E-state index in [9.17, 15) is 22.8 Å². The molecule has 1 heterocycles. The van der Waals surface area contributed by atoms with E-state index in [0.717, 1.165) is 5.56 Å². The molecule has 0 aliphatic carbocycles. The third kappa shape index (κ3) is 5.43. The minimum absolute atomic E-state index is 0.246. The Kier molecular flexibility index (Phi) is 6.49. The molecule has 1 aliphatic heterocycles. The summed E-state index contributed by atoms with van der Waals surface area (Å²) in [6.07, 6.45) is -4.19. The molecule has 0 aromatic heterocycles. The van der Waals surface area contributed by atoms with Crippen molar-refractivity contribution in [2.24, 2.45) is 0 Å². The predicted octanol–water partition coefficient (Wildman–Crippen LogP) is 3.83. The largest absolute Gasteiger partial charge is 0.573 e. The minimum Gasteiger partial charge on any atom is -0.453 e. The summed E-state index contributed by atoms with van der Waals surface area (Å²) in [6.45, 7) is 0.388. The van der Waals surface area contributed by atoms with Crippen LogP contribution in [-0.4, -0.2) is 38.1 Å². The van der Waals surface area contributed by atoms with Crippen LogP contribution in [0.2, 0.25) is 0 Å². The highest BCUT2D eigenvalue weighted by atomic mass is 19.4. The van der Waals surface area contributed by atoms with Gasteiger partial charge in [-0.3, -0.25) is 4.79 Å². The van der Waals surface area contributed by atoms with Gasteiger partial charge in [-0.2, -0.15) is 0 Å². The fraction of sp³-hybridized carbons (Fsp3) is 0.333. The lowest BCUT2D eigenvalue weighted by Crippen LogP contribution is -2.51. The number of nitrogens with one attached hydrogen (secondary N) is 1. The van der Waals surface area contributed by atoms with Gasteiger partial charge in [0.15, 0.2) is 0 Å². The van der Waals surface area contributed by atoms with Crippen LogP contribution in [0.4, 0.5) is 23.7 Å². The molecule has 3 rings (SSSR count). The molecule has 0 saturated heterocycles. The molecule has 0 spiro atoms. The summed E-state index contributed by atoms with van der Waals surface area (Å²) < 4.78 is 46.1. The van der Waals surface area contributed by atoms with Crippen LogP contribution in [0.5, 0.6) is 5.75 Å². The van der Waals surface area contributed by atoms with E-state index in [1.165, 1.54) is 30.2 Å². The highest BCUT2D eigenvalue weighted by Gasteiger charge is 2.33. The zero-order chi connectivity index (χ0) is 21.7. The van der Waals surface area contributed by atoms with E-state index in [-0.39, 0.29) is 18.1 Å². The Morgan fingerprint density at radius 3 is 2.57 bits per heavy atom. The van der Waals surface area contributed by atoms with Crippen molar-refractivity contribution in [3.63, 3.8) is 0 Å². The molecule has 160 valence electrons. The van der Waals surface area contributed by atoms with Gasteiger partial charge in [0.25, 0.3) is 0 Å². The number of nitrogens with zero attached hydrogens (tertiary/aromatic N) is 1. The standard InChI is InChI=1S/C21H21F3N2O4/c1-29-20(28)25-17(12-14-6-3-2-4-7-14)19(27)26-11-5-8-15-13-16(9-10-18(15)26)30-21(22,23)24/h2-4,6-7,9-10,13,17H,5,8,11-12H2,1H3,(H,25,28). The number of benzene rings is 2. The molecule has 0 fully saturated rings. The van der Waals surface area contributed by atoms with Crippen molar-refractivity contribution in [2.45, 2.75) is 31.7 Å². The summed E-state index contributed by atoms with van der Waals surface area (Å²) >= 11 is 0. The van der Waals surface area contributed by atoms with Gasteiger partial charge in [0.1, 0.15) is 11.8 Å². The molecule has 0 saturated carbocycles. The SMILES string of the molecule is COC(=O)NC(Cc1ccccc1)C(=O)N1CCCc2cc(OC(F)(F)F)ccc21. The summed E-state index contributed by atoms with van der Waals surface area (Å²) in [7, 11) is 1.21. The van der Waals surface area contributed by atoms with Gasteiger partial charge in [0.05, 0.1) is 7.11 Å². The van der Waals surface area contributed by atoms with Crippen LogP contribution in [0.3, 0.4) is 0 Å². The molecule has 6 nitrogen and oxygen atoms in total. The van der Waals surface area contributed by atoms with Crippen LogP contribution in [0.15, 0.2) is 48.5 Å². The van der Waals surface area contributed by atoms with E-state index >= 15 is 0 Å². The summed E-state index contributed by atoms with van der Waals surface area (Å²) in [5.74, 6) is -0.696. The molecule has 0 bridgehead atoms. The zero-order valence-corrected chi connectivity index (χ0v) is 16.2. The molecule has 2 aromatic carbocycles. The summed E-state index contributed by atoms with van der Waals surface area (Å²) in [6, 6.07) is 12.2. The van der Waals surface area contributed by atoms with Crippen molar-refractivity contribution in [3.8, 4) is 5.75 Å². The van der Waals surface area contributed by atoms with Gasteiger partial charge in [-0.1, -0.05) is 30.3 Å². The van der Waals surface area contributed by atoms with Crippen molar-refractivity contribution in [3.05, 3.63) is 59.7 Å². The van der Waals surface area contributed by atoms with E-state index < -0.39 is 18.5 Å². The molecule has 1 atom stereocenters. The second kappa shape index (κ2) is 9.06. The third-order valence-electron chi connectivity index (χ3n) is 4.73. The quantitative estimate of drug-likeness (QED) is 0.795. The summed E-state index contributed by atoms with van der Waals surface area (Å²) in [5, 5.41) is 2.56. The van der Waals surface area contributed by atoms with Crippen molar-refractivity contribution >= 4 is 17.7 Å². The molecule has 1 N–H and O–H groups in total. The number of alkyl carbamates (subject to hydrolysis) is 1. The number of carbonyl (C=O) groups excluding carboxylic acids is 2. The maximum atomic E-state index is 13.3. The monoisotopic (exact) mass is 422 g/mol. The molecule has 30 heavy (non-hydrogen) atoms. The molecule has 2 aromatic rings. The first-order valence-corrected chi connectivity index (χ1v) is 9.35. The Hall–Kier alpha value is -3.23. The van der Waals surface area contributed by atoms with E-state index in [2.05, 4.69) is 14.8 Å². The number of hydrogen-bond donors (Lipinski definition) is 1. The Labute approximate surface area is 171 Å². The van der Waals surface area contributed by atoms with Gasteiger partial charge in [-0.25, -0.2) is 4.79 Å². The summed E-state index contributed by atoms with van der Waals surface area (Å²) in [4.78, 5) is 26.6. The minimum atomic E-state index is -4.79. The molecular weight excluding hydrogens is 401 g/mol. The molecule has 2 amide bonds. The number of fused-ring (bicyclic) bond motifs is 1. The van der Waals surface area contributed by atoms with Crippen molar-refractivity contribution in [2.75, 3.05) is 18.6 Å². The molecule has 1 unspecified atom stereocenters. The number of rotatable bonds is 5. The number of halogens is 3. The third-order valence-corrected chi connectivity index (χ3v) is 4.73. The van der Waals surface area contributed by atoms with E-state index in [0.29, 0.717) is 30.6 Å². The first-order valence-electron chi connectivity index (χ1n) is 9.35. The van der Waals surface area contributed by atoms with Crippen molar-refractivity contribution in [1.29, 1.82) is 0 Å². The second-order valence-electron chi connectivity index (χ2n) is 6.81. The highest BCUT2D eigenvalue weighted by Crippen LogP contribution is 2.33. The Bertz CT molecular complexity index is 903. The van der Waals surface area contributed by atoms with E-state index in [4.69, 9.17) is 0 Å². The average Bonchev–Trinajstić information content (AvgIpc) is 2.71. The number of alkyl halides is 3.